The summed E-state index contributed by atoms with van der Waals surface area (Å²) in [5.41, 5.74) is 18.2. The van der Waals surface area contributed by atoms with Crippen LogP contribution in [0, 0.1) is 36.2 Å². The molecular weight excluding hydrogens is 1340 g/mol. The molecule has 15 aromatic rings. The van der Waals surface area contributed by atoms with Gasteiger partial charge in [0.25, 0.3) is 17.1 Å². The highest BCUT2D eigenvalue weighted by atomic mass is 19.1. The van der Waals surface area contributed by atoms with Gasteiger partial charge in [-0.15, -0.1) is 0 Å². The van der Waals surface area contributed by atoms with Crippen molar-refractivity contribution >= 4 is 73.7 Å². The first-order valence-electron chi connectivity index (χ1n) is 31.4. The molecule has 0 atom stereocenters. The number of rotatable bonds is 15. The Morgan fingerprint density at radius 1 is 0.452 bits per heavy atom. The van der Waals surface area contributed by atoms with Gasteiger partial charge in [0.15, 0.2) is 22.8 Å². The highest BCUT2D eigenvalue weighted by Gasteiger charge is 2.25. The molecule has 516 valence electrons. The lowest BCUT2D eigenvalue weighted by Crippen LogP contribution is -2.27. The van der Waals surface area contributed by atoms with E-state index >= 15 is 0 Å². The molecule has 29 nitrogen and oxygen atoms in total. The molecule has 1 amide bonds. The monoisotopic (exact) mass is 1390 g/mol. The highest BCUT2D eigenvalue weighted by Crippen LogP contribution is 2.38. The minimum absolute atomic E-state index is 0.00594. The van der Waals surface area contributed by atoms with E-state index in [1.165, 1.54) is 43.2 Å². The number of para-hydroxylation sites is 3. The van der Waals surface area contributed by atoms with Crippen LogP contribution in [0.25, 0.3) is 78.2 Å². The van der Waals surface area contributed by atoms with Gasteiger partial charge in [-0.2, -0.15) is 15.3 Å². The van der Waals surface area contributed by atoms with Crippen molar-refractivity contribution in [3.05, 3.63) is 292 Å². The van der Waals surface area contributed by atoms with Crippen molar-refractivity contribution in [1.82, 2.24) is 59.7 Å². The molecule has 0 aliphatic rings. The molecule has 0 saturated carbocycles. The molecule has 6 aromatic heterocycles. The first-order chi connectivity index (χ1) is 50.3. The van der Waals surface area contributed by atoms with E-state index in [9.17, 15) is 39.5 Å². The molecule has 0 spiro atoms. The van der Waals surface area contributed by atoms with Gasteiger partial charge in [0.1, 0.15) is 87.9 Å². The molecule has 0 bridgehead atoms. The number of aromatic nitrogens is 12. The number of carbonyl (C=O) groups excluding carboxylic acids is 1. The van der Waals surface area contributed by atoms with Crippen LogP contribution < -0.4 is 31.0 Å². The van der Waals surface area contributed by atoms with E-state index in [1.54, 1.807) is 54.4 Å². The van der Waals surface area contributed by atoms with Crippen LogP contribution in [-0.4, -0.2) is 86.1 Å². The number of nitrogens with zero attached hydrogens (tertiary/aromatic N) is 14. The average molecular weight is 1390 g/mol. The Morgan fingerprint density at radius 2 is 0.817 bits per heavy atom. The summed E-state index contributed by atoms with van der Waals surface area (Å²) < 4.78 is 38.2. The van der Waals surface area contributed by atoms with Crippen LogP contribution in [0.4, 0.5) is 43.7 Å². The number of nitrogens with one attached hydrogen (secondary N) is 2. The first kappa shape index (κ1) is 69.0. The van der Waals surface area contributed by atoms with Gasteiger partial charge < -0.3 is 30.4 Å². The van der Waals surface area contributed by atoms with E-state index in [2.05, 4.69) is 45.4 Å². The fourth-order valence-electron chi connectivity index (χ4n) is 10.2. The number of ether oxygens (including phenoxy) is 4. The Hall–Kier alpha value is -15.0. The van der Waals surface area contributed by atoms with Gasteiger partial charge in [-0.05, 0) is 166 Å². The first-order valence-corrected chi connectivity index (χ1v) is 31.4. The van der Waals surface area contributed by atoms with Crippen molar-refractivity contribution in [2.45, 2.75) is 26.4 Å². The highest BCUT2D eigenvalue weighted by molar-refractivity contribution is 6.04. The third kappa shape index (κ3) is 16.6. The topological polar surface area (TPSA) is 389 Å². The lowest BCUT2D eigenvalue weighted by atomic mass is 10.1. The van der Waals surface area contributed by atoms with E-state index in [4.69, 9.17) is 40.6 Å². The fourth-order valence-corrected chi connectivity index (χ4v) is 10.2. The van der Waals surface area contributed by atoms with E-state index in [0.29, 0.717) is 84.9 Å². The van der Waals surface area contributed by atoms with E-state index in [-0.39, 0.29) is 22.9 Å². The second-order valence-corrected chi connectivity index (χ2v) is 23.2. The molecular formula is C74H57FN18O11. The molecule has 104 heavy (non-hydrogen) atoms. The molecule has 6 heterocycles. The number of nitro benzene ring substituents is 3. The van der Waals surface area contributed by atoms with Gasteiger partial charge in [-0.1, -0.05) is 54.6 Å². The maximum Gasteiger partial charge on any atom is 0.413 e. The average Bonchev–Trinajstić information content (AvgIpc) is 1.61. The minimum Gasteiger partial charge on any atom is -0.457 e. The number of halogens is 1. The smallest absolute Gasteiger partial charge is 0.413 e. The van der Waals surface area contributed by atoms with E-state index in [1.807, 2.05) is 164 Å². The Balaban J connectivity index is 0.000000141. The molecule has 6 N–H and O–H groups in total. The van der Waals surface area contributed by atoms with Gasteiger partial charge >= 0.3 is 6.09 Å². The Labute approximate surface area is 588 Å². The summed E-state index contributed by atoms with van der Waals surface area (Å²) >= 11 is 0. The third-order valence-electron chi connectivity index (χ3n) is 14.9. The summed E-state index contributed by atoms with van der Waals surface area (Å²) in [7, 11) is 0. The minimum atomic E-state index is -0.712. The number of aromatic amines is 1. The summed E-state index contributed by atoms with van der Waals surface area (Å²) in [4.78, 5) is 68.5. The van der Waals surface area contributed by atoms with Crippen molar-refractivity contribution in [3.8, 4) is 79.6 Å². The van der Waals surface area contributed by atoms with E-state index < -0.39 is 32.3 Å². The lowest BCUT2D eigenvalue weighted by molar-refractivity contribution is -0.385. The normalized spacial score (nSPS) is 10.8. The van der Waals surface area contributed by atoms with Crippen LogP contribution in [0.3, 0.4) is 0 Å². The number of fused-ring (bicyclic) bond motifs is 3. The van der Waals surface area contributed by atoms with Crippen molar-refractivity contribution in [3.63, 3.8) is 0 Å². The number of hydrogen-bond donors (Lipinski definition) is 4. The molecule has 15 rings (SSSR count). The zero-order valence-electron chi connectivity index (χ0n) is 55.0. The SMILES string of the molecule is CC(C)(C)OC(=O)Nc1ncnc2c1c(-c1ccc(Oc3ccccc3)cc1)nn2-c1ccc([N+](=O)[O-])cc1.Nc1ncnc2c1c(-c1ccc(Oc3ccccc3)cc1)nn2-c1ccc([N+](=O)[O-])cc1.Nc1ncnc2n[nH]c(-c3ccc(Oc4ccccc4)cc3)c12.O=[N+]([O-])c1ccc(F)cc1. The maximum atomic E-state index is 12.6. The van der Waals surface area contributed by atoms with Gasteiger partial charge in [-0.25, -0.2) is 48.5 Å². The molecule has 0 aliphatic carbocycles. The van der Waals surface area contributed by atoms with Crippen molar-refractivity contribution < 1.29 is 42.9 Å². The van der Waals surface area contributed by atoms with Crippen molar-refractivity contribution in [2.24, 2.45) is 0 Å². The second-order valence-electron chi connectivity index (χ2n) is 23.2. The number of nitrogens with two attached hydrogens (primary N) is 2. The van der Waals surface area contributed by atoms with Gasteiger partial charge in [0, 0.05) is 53.1 Å². The van der Waals surface area contributed by atoms with Crippen molar-refractivity contribution in [2.75, 3.05) is 16.8 Å². The second kappa shape index (κ2) is 30.8. The zero-order chi connectivity index (χ0) is 72.9. The number of carbonyl (C=O) groups is 1. The Kier molecular flexibility index (Phi) is 20.4. The molecule has 0 radical (unpaired) electrons. The van der Waals surface area contributed by atoms with Crippen LogP contribution in [0.5, 0.6) is 34.5 Å². The molecule has 30 heteroatoms. The summed E-state index contributed by atoms with van der Waals surface area (Å²) in [6.45, 7) is 5.29. The molecule has 0 fully saturated rings. The quantitative estimate of drug-likeness (QED) is 0.0547. The number of amides is 1. The molecule has 0 unspecified atom stereocenters. The number of nitrogen functional groups attached to an aromatic ring is 2. The van der Waals surface area contributed by atoms with Gasteiger partial charge in [-0.3, -0.25) is 40.8 Å². The summed E-state index contributed by atoms with van der Waals surface area (Å²) in [5, 5.41) is 53.2. The Bertz CT molecular complexity index is 5520. The zero-order valence-corrected chi connectivity index (χ0v) is 55.0. The molecule has 9 aromatic carbocycles. The summed E-state index contributed by atoms with van der Waals surface area (Å²) in [6, 6.07) is 67.3. The van der Waals surface area contributed by atoms with E-state index in [0.717, 1.165) is 63.7 Å². The van der Waals surface area contributed by atoms with Crippen LogP contribution in [0.2, 0.25) is 0 Å². The number of H-pyrrole nitrogens is 1. The van der Waals surface area contributed by atoms with Crippen LogP contribution in [0.15, 0.2) is 256 Å². The number of benzene rings is 9. The standard InChI is InChI=1S/C28H24N6O5.C23H16N6O3.C17H13N5O.C6H4FNO2/c1-28(2,3)39-27(35)31-25-23-24(18-9-15-22(16-10-18)38-21-7-5-4-6-8-21)32-33(26(23)30-17-29-25)19-11-13-20(14-12-19)34(36)37;24-22-20-21(15-6-12-19(13-7-15)32-18-4-2-1-3-5-18)27-28(23(20)26-14-25-22)16-8-10-17(11-9-16)29(30)31;18-16-14-15(21-22-17(14)20-10-19-16)11-6-8-13(9-7-11)23-12-4-2-1-3-5-12;7-5-1-3-6(4-2-5)8(9)10/h4-17H,1-3H3,(H,29,30,31,35);1-14H,(H2,24,25,26);1-10H,(H3,18,19,20,21,22);1-4H. The largest absolute Gasteiger partial charge is 0.457 e. The number of non-ortho nitro benzene ring substituents is 3. The summed E-state index contributed by atoms with van der Waals surface area (Å²) in [5.74, 6) is 4.76. The van der Waals surface area contributed by atoms with Crippen LogP contribution >= 0.6 is 0 Å². The number of anilines is 3. The Morgan fingerprint density at radius 3 is 1.24 bits per heavy atom. The fraction of sp³-hybridized carbons (Fsp3) is 0.0541. The van der Waals surface area contributed by atoms with Crippen LogP contribution in [-0.2, 0) is 4.74 Å². The maximum absolute atomic E-state index is 12.6. The van der Waals surface area contributed by atoms with Gasteiger partial charge in [0.05, 0.1) is 48.0 Å². The third-order valence-corrected chi connectivity index (χ3v) is 14.9. The lowest BCUT2D eigenvalue weighted by Gasteiger charge is -2.19. The molecule has 0 saturated heterocycles. The van der Waals surface area contributed by atoms with Crippen LogP contribution in [0.1, 0.15) is 20.8 Å². The number of nitro groups is 3. The van der Waals surface area contributed by atoms with Gasteiger partial charge in [0.2, 0.25) is 0 Å². The van der Waals surface area contributed by atoms with Crippen molar-refractivity contribution in [1.29, 1.82) is 0 Å². The predicted molar refractivity (Wildman–Crippen MR) is 386 cm³/mol. The predicted octanol–water partition coefficient (Wildman–Crippen LogP) is 16.4. The summed E-state index contributed by atoms with van der Waals surface area (Å²) in [6.07, 6.45) is 3.39. The molecule has 0 aliphatic heterocycles. The number of hydrogen-bond acceptors (Lipinski definition) is 22.